The minimum atomic E-state index is -0.308. The van der Waals surface area contributed by atoms with Gasteiger partial charge < -0.3 is 13.9 Å². The normalized spacial score (nSPS) is 11.4. The van der Waals surface area contributed by atoms with Crippen LogP contribution >= 0.6 is 15.9 Å². The van der Waals surface area contributed by atoms with Gasteiger partial charge in [-0.25, -0.2) is 4.98 Å². The molecule has 0 radical (unpaired) electrons. The zero-order valence-electron chi connectivity index (χ0n) is 23.5. The Morgan fingerprint density at radius 3 is 2.63 bits per heavy atom. The molecule has 6 rings (SSSR count). The van der Waals surface area contributed by atoms with E-state index in [0.717, 1.165) is 26.5 Å². The number of halogens is 1. The van der Waals surface area contributed by atoms with Crippen molar-refractivity contribution in [2.45, 2.75) is 20.0 Å². The second-order valence-corrected chi connectivity index (χ2v) is 10.7. The molecular weight excluding hydrogens is 606 g/mol. The first-order valence-corrected chi connectivity index (χ1v) is 14.7. The standard InChI is InChI=1S/C35H28BrN3O4/c1-3-10-25-17-24(18-31(41-4-2)33(25)42-22-23-11-6-5-7-12-23)21-37-39-34(38-29-14-9-8-13-28(29)35(39)40)32-20-26-19-27(36)15-16-30(26)43-32/h3,5-9,11-21H,1,4,10,22H2,2H3. The topological polar surface area (TPSA) is 78.9 Å². The molecule has 0 amide bonds. The molecular formula is C35H28BrN3O4. The molecule has 0 bridgehead atoms. The first-order chi connectivity index (χ1) is 21.0. The summed E-state index contributed by atoms with van der Waals surface area (Å²) in [6, 6.07) is 28.6. The van der Waals surface area contributed by atoms with E-state index in [0.29, 0.717) is 59.2 Å². The second kappa shape index (κ2) is 12.5. The van der Waals surface area contributed by atoms with Crippen LogP contribution in [0.4, 0.5) is 0 Å². The van der Waals surface area contributed by atoms with E-state index >= 15 is 0 Å². The van der Waals surface area contributed by atoms with Gasteiger partial charge in [-0.15, -0.1) is 6.58 Å². The number of benzene rings is 4. The van der Waals surface area contributed by atoms with E-state index in [2.05, 4.69) is 27.6 Å². The van der Waals surface area contributed by atoms with E-state index in [9.17, 15) is 4.79 Å². The number of nitrogens with zero attached hydrogens (tertiary/aromatic N) is 3. The predicted molar refractivity (Wildman–Crippen MR) is 174 cm³/mol. The number of furan rings is 1. The minimum absolute atomic E-state index is 0.298. The van der Waals surface area contributed by atoms with Gasteiger partial charge in [-0.3, -0.25) is 4.79 Å². The molecule has 0 unspecified atom stereocenters. The maximum absolute atomic E-state index is 13.7. The predicted octanol–water partition coefficient (Wildman–Crippen LogP) is 8.16. The summed E-state index contributed by atoms with van der Waals surface area (Å²) < 4.78 is 20.6. The van der Waals surface area contributed by atoms with Gasteiger partial charge in [0.05, 0.1) is 23.7 Å². The van der Waals surface area contributed by atoms with Crippen molar-refractivity contribution >= 4 is 44.0 Å². The lowest BCUT2D eigenvalue weighted by molar-refractivity contribution is 0.267. The molecule has 2 heterocycles. The number of para-hydroxylation sites is 1. The van der Waals surface area contributed by atoms with Gasteiger partial charge >= 0.3 is 0 Å². The fourth-order valence-corrected chi connectivity index (χ4v) is 5.24. The second-order valence-electron chi connectivity index (χ2n) is 9.81. The Morgan fingerprint density at radius 1 is 1.00 bits per heavy atom. The van der Waals surface area contributed by atoms with Crippen LogP contribution in [0.15, 0.2) is 122 Å². The van der Waals surface area contributed by atoms with Crippen LogP contribution in [-0.4, -0.2) is 22.5 Å². The summed E-state index contributed by atoms with van der Waals surface area (Å²) in [5.41, 5.74) is 3.60. The average Bonchev–Trinajstić information content (AvgIpc) is 3.44. The molecule has 0 aliphatic heterocycles. The lowest BCUT2D eigenvalue weighted by atomic mass is 10.1. The number of allylic oxidation sites excluding steroid dienone is 1. The molecule has 0 saturated heterocycles. The van der Waals surface area contributed by atoms with Crippen molar-refractivity contribution in [1.82, 2.24) is 9.66 Å². The van der Waals surface area contributed by atoms with E-state index in [4.69, 9.17) is 18.9 Å². The lowest BCUT2D eigenvalue weighted by Gasteiger charge is -2.17. The molecule has 6 aromatic rings. The van der Waals surface area contributed by atoms with Gasteiger partial charge in [0, 0.05) is 15.4 Å². The quantitative estimate of drug-likeness (QED) is 0.112. The van der Waals surface area contributed by atoms with Crippen LogP contribution < -0.4 is 15.0 Å². The maximum Gasteiger partial charge on any atom is 0.282 e. The Hall–Kier alpha value is -4.95. The number of ether oxygens (including phenoxy) is 2. The summed E-state index contributed by atoms with van der Waals surface area (Å²) in [4.78, 5) is 18.5. The molecule has 4 aromatic carbocycles. The van der Waals surface area contributed by atoms with Crippen molar-refractivity contribution in [3.63, 3.8) is 0 Å². The minimum Gasteiger partial charge on any atom is -0.490 e. The van der Waals surface area contributed by atoms with E-state index < -0.39 is 0 Å². The van der Waals surface area contributed by atoms with Crippen LogP contribution in [0.2, 0.25) is 0 Å². The molecule has 0 saturated carbocycles. The summed E-state index contributed by atoms with van der Waals surface area (Å²) in [5.74, 6) is 1.97. The summed E-state index contributed by atoms with van der Waals surface area (Å²) in [6.07, 6.45) is 4.00. The molecule has 2 aromatic heterocycles. The van der Waals surface area contributed by atoms with E-state index in [1.807, 2.05) is 91.9 Å². The van der Waals surface area contributed by atoms with Crippen LogP contribution in [0.5, 0.6) is 11.5 Å². The Balaban J connectivity index is 1.44. The molecule has 0 N–H and O–H groups in total. The smallest absolute Gasteiger partial charge is 0.282 e. The van der Waals surface area contributed by atoms with E-state index in [1.54, 1.807) is 18.3 Å². The highest BCUT2D eigenvalue weighted by molar-refractivity contribution is 9.10. The van der Waals surface area contributed by atoms with Crippen molar-refractivity contribution in [2.24, 2.45) is 5.10 Å². The largest absolute Gasteiger partial charge is 0.490 e. The molecule has 8 heteroatoms. The Labute approximate surface area is 256 Å². The maximum atomic E-state index is 13.7. The van der Waals surface area contributed by atoms with Crippen LogP contribution in [-0.2, 0) is 13.0 Å². The number of aromatic nitrogens is 2. The van der Waals surface area contributed by atoms with Crippen molar-refractivity contribution in [1.29, 1.82) is 0 Å². The van der Waals surface area contributed by atoms with Gasteiger partial charge in [-0.2, -0.15) is 9.78 Å². The van der Waals surface area contributed by atoms with Crippen molar-refractivity contribution in [3.05, 3.63) is 135 Å². The zero-order chi connectivity index (χ0) is 29.8. The first-order valence-electron chi connectivity index (χ1n) is 13.9. The van der Waals surface area contributed by atoms with E-state index in [-0.39, 0.29) is 5.56 Å². The van der Waals surface area contributed by atoms with Crippen molar-refractivity contribution in [2.75, 3.05) is 6.61 Å². The molecule has 0 aliphatic carbocycles. The number of hydrogen-bond donors (Lipinski definition) is 0. The Morgan fingerprint density at radius 2 is 1.81 bits per heavy atom. The van der Waals surface area contributed by atoms with Crippen LogP contribution in [0, 0.1) is 0 Å². The molecule has 0 spiro atoms. The first kappa shape index (κ1) is 28.2. The molecule has 0 atom stereocenters. The Kier molecular flexibility index (Phi) is 8.20. The van der Waals surface area contributed by atoms with E-state index in [1.165, 1.54) is 4.68 Å². The Bertz CT molecular complexity index is 2030. The summed E-state index contributed by atoms with van der Waals surface area (Å²) in [7, 11) is 0. The SMILES string of the molecule is C=CCc1cc(C=Nn2c(-c3cc4cc(Br)ccc4o3)nc3ccccc3c2=O)cc(OCC)c1OCc1ccccc1. The average molecular weight is 635 g/mol. The number of hydrogen-bond acceptors (Lipinski definition) is 6. The molecule has 43 heavy (non-hydrogen) atoms. The lowest BCUT2D eigenvalue weighted by Crippen LogP contribution is -2.20. The summed E-state index contributed by atoms with van der Waals surface area (Å²) >= 11 is 3.51. The van der Waals surface area contributed by atoms with Crippen molar-refractivity contribution in [3.8, 4) is 23.1 Å². The summed E-state index contributed by atoms with van der Waals surface area (Å²) in [5, 5.41) is 5.97. The van der Waals surface area contributed by atoms with Gasteiger partial charge in [0.15, 0.2) is 17.3 Å². The number of rotatable bonds is 10. The molecule has 214 valence electrons. The van der Waals surface area contributed by atoms with Gasteiger partial charge in [0.25, 0.3) is 5.56 Å². The highest BCUT2D eigenvalue weighted by atomic mass is 79.9. The van der Waals surface area contributed by atoms with Crippen molar-refractivity contribution < 1.29 is 13.9 Å². The highest BCUT2D eigenvalue weighted by Crippen LogP contribution is 2.35. The third-order valence-corrected chi connectivity index (χ3v) is 7.31. The highest BCUT2D eigenvalue weighted by Gasteiger charge is 2.18. The van der Waals surface area contributed by atoms with Gasteiger partial charge in [0.2, 0.25) is 5.82 Å². The summed E-state index contributed by atoms with van der Waals surface area (Å²) in [6.45, 7) is 6.70. The fourth-order valence-electron chi connectivity index (χ4n) is 4.86. The molecule has 0 aliphatic rings. The fraction of sp³-hybridized carbons (Fsp3) is 0.114. The van der Waals surface area contributed by atoms with Gasteiger partial charge in [-0.1, -0.05) is 64.5 Å². The monoisotopic (exact) mass is 633 g/mol. The number of fused-ring (bicyclic) bond motifs is 2. The van der Waals surface area contributed by atoms with Gasteiger partial charge in [0.1, 0.15) is 12.2 Å². The molecule has 7 nitrogen and oxygen atoms in total. The van der Waals surface area contributed by atoms with Crippen LogP contribution in [0.3, 0.4) is 0 Å². The third-order valence-electron chi connectivity index (χ3n) is 6.82. The van der Waals surface area contributed by atoms with Crippen LogP contribution in [0.1, 0.15) is 23.6 Å². The zero-order valence-corrected chi connectivity index (χ0v) is 25.1. The third kappa shape index (κ3) is 6.01. The van der Waals surface area contributed by atoms with Crippen LogP contribution in [0.25, 0.3) is 33.5 Å². The molecule has 0 fully saturated rings. The van der Waals surface area contributed by atoms with Gasteiger partial charge in [-0.05, 0) is 73.0 Å².